The van der Waals surface area contributed by atoms with Crippen molar-refractivity contribution in [3.05, 3.63) is 64.2 Å². The number of nitrogens with zero attached hydrogens (tertiary/aromatic N) is 3. The molecule has 0 N–H and O–H groups in total. The number of carbonyl (C=O) groups excluding carboxylic acids is 1. The molecule has 0 unspecified atom stereocenters. The van der Waals surface area contributed by atoms with E-state index in [0.29, 0.717) is 0 Å². The average molecular weight is 243 g/mol. The van der Waals surface area contributed by atoms with Crippen LogP contribution in [0.5, 0.6) is 0 Å². The maximum absolute atomic E-state index is 11.4. The number of ether oxygens (including phenoxy) is 1. The second-order valence-electron chi connectivity index (χ2n) is 3.23. The molecule has 0 aliphatic heterocycles. The molecule has 0 aliphatic rings. The van der Waals surface area contributed by atoms with E-state index in [9.17, 15) is 4.79 Å². The Morgan fingerprint density at radius 3 is 2.78 bits per heavy atom. The lowest BCUT2D eigenvalue weighted by atomic mass is 10.2. The van der Waals surface area contributed by atoms with Crippen LogP contribution in [0.15, 0.2) is 53.3 Å². The highest BCUT2D eigenvalue weighted by Gasteiger charge is 2.06. The number of azide groups is 1. The predicted molar refractivity (Wildman–Crippen MR) is 69.3 cm³/mol. The van der Waals surface area contributed by atoms with Gasteiger partial charge >= 0.3 is 5.97 Å². The van der Waals surface area contributed by atoms with Crippen LogP contribution in [0, 0.1) is 0 Å². The number of benzene rings is 1. The highest BCUT2D eigenvalue weighted by Crippen LogP contribution is 2.05. The summed E-state index contributed by atoms with van der Waals surface area (Å²) in [7, 11) is 0. The van der Waals surface area contributed by atoms with E-state index in [1.165, 1.54) is 6.08 Å². The Hall–Kier alpha value is -2.52. The molecule has 92 valence electrons. The zero-order valence-electron chi connectivity index (χ0n) is 9.98. The van der Waals surface area contributed by atoms with E-state index < -0.39 is 5.97 Å². The minimum absolute atomic E-state index is 0.0634. The quantitative estimate of drug-likeness (QED) is 0.198. The third-order valence-electron chi connectivity index (χ3n) is 1.98. The van der Waals surface area contributed by atoms with Gasteiger partial charge in [-0.05, 0) is 24.1 Å². The molecule has 18 heavy (non-hydrogen) atoms. The topological polar surface area (TPSA) is 75.1 Å². The number of esters is 1. The molecule has 0 fully saturated rings. The average Bonchev–Trinajstić information content (AvgIpc) is 2.39. The van der Waals surface area contributed by atoms with Gasteiger partial charge in [0.1, 0.15) is 5.70 Å². The first-order valence-electron chi connectivity index (χ1n) is 5.43. The molecule has 0 bridgehead atoms. The molecule has 0 saturated carbocycles. The molecule has 0 aliphatic carbocycles. The fourth-order valence-corrected chi connectivity index (χ4v) is 1.21. The first kappa shape index (κ1) is 13.5. The largest absolute Gasteiger partial charge is 0.462 e. The van der Waals surface area contributed by atoms with Crippen LogP contribution < -0.4 is 0 Å². The second-order valence-corrected chi connectivity index (χ2v) is 3.23. The molecule has 0 radical (unpaired) electrons. The van der Waals surface area contributed by atoms with E-state index in [4.69, 9.17) is 10.3 Å². The van der Waals surface area contributed by atoms with Crippen molar-refractivity contribution in [3.8, 4) is 0 Å². The van der Waals surface area contributed by atoms with Gasteiger partial charge in [0.15, 0.2) is 0 Å². The Morgan fingerprint density at radius 1 is 1.44 bits per heavy atom. The summed E-state index contributed by atoms with van der Waals surface area (Å²) < 4.78 is 4.75. The first-order chi connectivity index (χ1) is 8.77. The smallest absolute Gasteiger partial charge is 0.340 e. The summed E-state index contributed by atoms with van der Waals surface area (Å²) in [5, 5.41) is 3.29. The lowest BCUT2D eigenvalue weighted by Gasteiger charge is -1.99. The highest BCUT2D eigenvalue weighted by molar-refractivity contribution is 5.88. The molecule has 1 aromatic carbocycles. The van der Waals surface area contributed by atoms with E-state index in [0.717, 1.165) is 5.56 Å². The number of allylic oxidation sites excluding steroid dienone is 2. The molecule has 0 amide bonds. The van der Waals surface area contributed by atoms with Gasteiger partial charge in [-0.15, -0.1) is 0 Å². The standard InChI is InChI=1S/C13H13N3O2/c1-2-18-13(17)12(15-16-14)10-6-9-11-7-4-3-5-8-11/h3-10H,2H2,1H3/b9-6+,12-10-. The van der Waals surface area contributed by atoms with Gasteiger partial charge in [0.05, 0.1) is 6.61 Å². The van der Waals surface area contributed by atoms with Crippen molar-refractivity contribution in [1.82, 2.24) is 0 Å². The Morgan fingerprint density at radius 2 is 2.17 bits per heavy atom. The molecule has 5 nitrogen and oxygen atoms in total. The number of rotatable bonds is 5. The lowest BCUT2D eigenvalue weighted by Crippen LogP contribution is -2.05. The van der Waals surface area contributed by atoms with Crippen LogP contribution in [0.25, 0.3) is 16.5 Å². The van der Waals surface area contributed by atoms with Crippen LogP contribution in [0.1, 0.15) is 12.5 Å². The van der Waals surface area contributed by atoms with E-state index >= 15 is 0 Å². The molecule has 0 saturated heterocycles. The number of carbonyl (C=O) groups is 1. The van der Waals surface area contributed by atoms with Crippen molar-refractivity contribution in [2.24, 2.45) is 5.11 Å². The van der Waals surface area contributed by atoms with Gasteiger partial charge in [0, 0.05) is 4.91 Å². The van der Waals surface area contributed by atoms with Gasteiger partial charge in [-0.3, -0.25) is 0 Å². The highest BCUT2D eigenvalue weighted by atomic mass is 16.5. The van der Waals surface area contributed by atoms with E-state index in [-0.39, 0.29) is 12.3 Å². The van der Waals surface area contributed by atoms with Crippen LogP contribution in [-0.4, -0.2) is 12.6 Å². The van der Waals surface area contributed by atoms with E-state index in [1.54, 1.807) is 19.1 Å². The summed E-state index contributed by atoms with van der Waals surface area (Å²) in [6.45, 7) is 1.92. The SMILES string of the molecule is CCOC(=O)/C(=C/C=C/c1ccccc1)N=[N+]=[N-]. The summed E-state index contributed by atoms with van der Waals surface area (Å²) in [5.74, 6) is -0.631. The Kier molecular flexibility index (Phi) is 5.80. The molecule has 0 aromatic heterocycles. The monoisotopic (exact) mass is 243 g/mol. The molecular formula is C13H13N3O2. The van der Waals surface area contributed by atoms with Gasteiger partial charge < -0.3 is 4.74 Å². The van der Waals surface area contributed by atoms with Crippen LogP contribution >= 0.6 is 0 Å². The third kappa shape index (κ3) is 4.55. The third-order valence-corrected chi connectivity index (χ3v) is 1.98. The maximum Gasteiger partial charge on any atom is 0.340 e. The van der Waals surface area contributed by atoms with Crippen molar-refractivity contribution >= 4 is 12.0 Å². The predicted octanol–water partition coefficient (Wildman–Crippen LogP) is 3.46. The van der Waals surface area contributed by atoms with Gasteiger partial charge in [-0.1, -0.05) is 47.6 Å². The van der Waals surface area contributed by atoms with E-state index in [1.807, 2.05) is 30.3 Å². The molecule has 0 heterocycles. The molecule has 0 spiro atoms. The van der Waals surface area contributed by atoms with Gasteiger partial charge in [-0.25, -0.2) is 4.79 Å². The first-order valence-corrected chi connectivity index (χ1v) is 5.43. The zero-order chi connectivity index (χ0) is 13.2. The number of hydrogen-bond donors (Lipinski definition) is 0. The Bertz CT molecular complexity index is 500. The maximum atomic E-state index is 11.4. The Balaban J connectivity index is 2.81. The van der Waals surface area contributed by atoms with Crippen molar-refractivity contribution < 1.29 is 9.53 Å². The summed E-state index contributed by atoms with van der Waals surface area (Å²) in [4.78, 5) is 14.0. The molecular weight excluding hydrogens is 230 g/mol. The summed E-state index contributed by atoms with van der Waals surface area (Å²) in [6.07, 6.45) is 4.85. The minimum Gasteiger partial charge on any atom is -0.462 e. The zero-order valence-corrected chi connectivity index (χ0v) is 9.98. The fraction of sp³-hybridized carbons (Fsp3) is 0.154. The van der Waals surface area contributed by atoms with Gasteiger partial charge in [0.25, 0.3) is 0 Å². The van der Waals surface area contributed by atoms with Crippen molar-refractivity contribution in [2.75, 3.05) is 6.61 Å². The van der Waals surface area contributed by atoms with Crippen molar-refractivity contribution in [1.29, 1.82) is 0 Å². The van der Waals surface area contributed by atoms with Crippen LogP contribution in [0.2, 0.25) is 0 Å². The van der Waals surface area contributed by atoms with Gasteiger partial charge in [-0.2, -0.15) is 0 Å². The van der Waals surface area contributed by atoms with Gasteiger partial charge in [0.2, 0.25) is 0 Å². The summed E-state index contributed by atoms with van der Waals surface area (Å²) >= 11 is 0. The summed E-state index contributed by atoms with van der Waals surface area (Å²) in [6, 6.07) is 9.56. The fourth-order valence-electron chi connectivity index (χ4n) is 1.21. The molecule has 1 rings (SSSR count). The van der Waals surface area contributed by atoms with Crippen molar-refractivity contribution in [3.63, 3.8) is 0 Å². The normalized spacial score (nSPS) is 11.1. The lowest BCUT2D eigenvalue weighted by molar-refractivity contribution is -0.138. The van der Waals surface area contributed by atoms with Crippen LogP contribution in [-0.2, 0) is 9.53 Å². The number of hydrogen-bond acceptors (Lipinski definition) is 3. The minimum atomic E-state index is -0.631. The van der Waals surface area contributed by atoms with E-state index in [2.05, 4.69) is 10.0 Å². The second kappa shape index (κ2) is 7.70. The Labute approximate surface area is 105 Å². The van der Waals surface area contributed by atoms with Crippen molar-refractivity contribution in [2.45, 2.75) is 6.92 Å². The molecule has 0 atom stereocenters. The molecule has 5 heteroatoms. The van der Waals surface area contributed by atoms with Crippen LogP contribution in [0.4, 0.5) is 0 Å². The molecule has 1 aromatic rings. The van der Waals surface area contributed by atoms with Crippen LogP contribution in [0.3, 0.4) is 0 Å². The summed E-state index contributed by atoms with van der Waals surface area (Å²) in [5.41, 5.74) is 9.28.